The van der Waals surface area contributed by atoms with Gasteiger partial charge in [0.2, 0.25) is 0 Å². The van der Waals surface area contributed by atoms with Crippen LogP contribution in [0.2, 0.25) is 5.02 Å². The largest absolute Gasteiger partial charge is 0.374 e. The first-order valence-electron chi connectivity index (χ1n) is 6.48. The Morgan fingerprint density at radius 1 is 1.20 bits per heavy atom. The fourth-order valence-electron chi connectivity index (χ4n) is 2.23. The van der Waals surface area contributed by atoms with Gasteiger partial charge in [0, 0.05) is 4.88 Å². The van der Waals surface area contributed by atoms with Crippen molar-refractivity contribution in [1.82, 2.24) is 4.98 Å². The lowest BCUT2D eigenvalue weighted by atomic mass is 10.0. The number of thiazole rings is 1. The molecule has 2 nitrogen and oxygen atoms in total. The van der Waals surface area contributed by atoms with Gasteiger partial charge in [-0.25, -0.2) is 4.98 Å². The van der Waals surface area contributed by atoms with Gasteiger partial charge in [0.05, 0.1) is 27.0 Å². The predicted molar refractivity (Wildman–Crippen MR) is 90.2 cm³/mol. The molecule has 0 aliphatic carbocycles. The summed E-state index contributed by atoms with van der Waals surface area (Å²) in [5.41, 5.74) is 3.77. The van der Waals surface area contributed by atoms with Crippen LogP contribution in [0.3, 0.4) is 0 Å². The molecule has 0 fully saturated rings. The smallest absolute Gasteiger partial charge is 0.106 e. The van der Waals surface area contributed by atoms with Crippen LogP contribution in [0.1, 0.15) is 24.8 Å². The summed E-state index contributed by atoms with van der Waals surface area (Å²) < 4.78 is 1.16. The van der Waals surface area contributed by atoms with Crippen LogP contribution < -0.4 is 5.32 Å². The summed E-state index contributed by atoms with van der Waals surface area (Å²) >= 11 is 9.78. The Hall–Kier alpha value is -1.10. The average Bonchev–Trinajstić information content (AvgIpc) is 3.07. The van der Waals surface area contributed by atoms with Crippen molar-refractivity contribution in [1.29, 1.82) is 0 Å². The van der Waals surface area contributed by atoms with E-state index in [1.165, 1.54) is 4.88 Å². The predicted octanol–water partition coefficient (Wildman–Crippen LogP) is 5.82. The summed E-state index contributed by atoms with van der Waals surface area (Å²) in [5.74, 6) is 0.471. The fourth-order valence-corrected chi connectivity index (χ4v) is 4.07. The molecule has 1 unspecified atom stereocenters. The molecule has 0 saturated carbocycles. The molecule has 1 N–H and O–H groups in total. The normalized spacial score (nSPS) is 13.0. The number of halogens is 1. The summed E-state index contributed by atoms with van der Waals surface area (Å²) in [7, 11) is 0. The maximum absolute atomic E-state index is 6.38. The van der Waals surface area contributed by atoms with Crippen molar-refractivity contribution in [2.75, 3.05) is 5.32 Å². The lowest BCUT2D eigenvalue weighted by molar-refractivity contribution is 0.554. The Labute approximate surface area is 131 Å². The second-order valence-corrected chi connectivity index (χ2v) is 7.28. The van der Waals surface area contributed by atoms with Gasteiger partial charge in [0.1, 0.15) is 5.52 Å². The van der Waals surface area contributed by atoms with Crippen molar-refractivity contribution in [3.8, 4) is 0 Å². The quantitative estimate of drug-likeness (QED) is 0.654. The third kappa shape index (κ3) is 2.55. The van der Waals surface area contributed by atoms with Gasteiger partial charge in [0.15, 0.2) is 0 Å². The molecule has 5 heteroatoms. The number of hydrogen-bond donors (Lipinski definition) is 1. The SMILES string of the molecule is CC(C)C(Nc1c(Cl)ccc2scnc12)c1cccs1. The second-order valence-electron chi connectivity index (χ2n) is 5.00. The van der Waals surface area contributed by atoms with Crippen LogP contribution in [0.4, 0.5) is 5.69 Å². The topological polar surface area (TPSA) is 24.9 Å². The molecule has 0 bridgehead atoms. The standard InChI is InChI=1S/C15H15ClN2S2/c1-9(2)13(11-4-3-7-19-11)18-14-10(16)5-6-12-15(14)17-8-20-12/h3-9,13,18H,1-2H3. The van der Waals surface area contributed by atoms with Crippen LogP contribution in [-0.2, 0) is 0 Å². The van der Waals surface area contributed by atoms with Gasteiger partial charge in [-0.15, -0.1) is 22.7 Å². The summed E-state index contributed by atoms with van der Waals surface area (Å²) in [6.45, 7) is 4.43. The highest BCUT2D eigenvalue weighted by molar-refractivity contribution is 7.16. The van der Waals surface area contributed by atoms with Crippen molar-refractivity contribution in [3.05, 3.63) is 45.1 Å². The van der Waals surface area contributed by atoms with Gasteiger partial charge < -0.3 is 5.32 Å². The number of hydrogen-bond acceptors (Lipinski definition) is 4. The Morgan fingerprint density at radius 3 is 2.75 bits per heavy atom. The van der Waals surface area contributed by atoms with E-state index in [2.05, 4.69) is 41.7 Å². The summed E-state index contributed by atoms with van der Waals surface area (Å²) in [6, 6.07) is 8.46. The summed E-state index contributed by atoms with van der Waals surface area (Å²) in [5, 5.41) is 6.44. The lowest BCUT2D eigenvalue weighted by Gasteiger charge is -2.23. The van der Waals surface area contributed by atoms with E-state index in [1.807, 2.05) is 17.6 Å². The minimum atomic E-state index is 0.250. The molecule has 104 valence electrons. The number of nitrogens with one attached hydrogen (secondary N) is 1. The van der Waals surface area contributed by atoms with Gasteiger partial charge in [-0.3, -0.25) is 0 Å². The Balaban J connectivity index is 2.02. The third-order valence-electron chi connectivity index (χ3n) is 3.27. The first-order valence-corrected chi connectivity index (χ1v) is 8.62. The van der Waals surface area contributed by atoms with E-state index >= 15 is 0 Å². The highest BCUT2D eigenvalue weighted by Crippen LogP contribution is 2.37. The van der Waals surface area contributed by atoms with E-state index in [1.54, 1.807) is 22.7 Å². The molecule has 2 heterocycles. The molecule has 2 aromatic heterocycles. The molecule has 0 radical (unpaired) electrons. The van der Waals surface area contributed by atoms with Crippen LogP contribution in [0.5, 0.6) is 0 Å². The number of rotatable bonds is 4. The molecule has 0 saturated heterocycles. The molecule has 3 rings (SSSR count). The van der Waals surface area contributed by atoms with Gasteiger partial charge in [-0.2, -0.15) is 0 Å². The van der Waals surface area contributed by atoms with Gasteiger partial charge >= 0.3 is 0 Å². The molecule has 3 aromatic rings. The van der Waals surface area contributed by atoms with Crippen LogP contribution in [0, 0.1) is 5.92 Å². The molecular weight excluding hydrogens is 308 g/mol. The fraction of sp³-hybridized carbons (Fsp3) is 0.267. The molecule has 0 spiro atoms. The second kappa shape index (κ2) is 5.72. The van der Waals surface area contributed by atoms with E-state index in [0.29, 0.717) is 5.92 Å². The van der Waals surface area contributed by atoms with Crippen molar-refractivity contribution in [3.63, 3.8) is 0 Å². The zero-order valence-corrected chi connectivity index (χ0v) is 13.6. The highest BCUT2D eigenvalue weighted by Gasteiger charge is 2.19. The van der Waals surface area contributed by atoms with Crippen molar-refractivity contribution in [2.45, 2.75) is 19.9 Å². The maximum Gasteiger partial charge on any atom is 0.106 e. The first-order chi connectivity index (χ1) is 9.66. The zero-order valence-electron chi connectivity index (χ0n) is 11.3. The van der Waals surface area contributed by atoms with Crippen LogP contribution in [0.25, 0.3) is 10.2 Å². The minimum absolute atomic E-state index is 0.250. The molecule has 0 aliphatic heterocycles. The number of benzene rings is 1. The van der Waals surface area contributed by atoms with E-state index in [0.717, 1.165) is 20.9 Å². The van der Waals surface area contributed by atoms with E-state index in [9.17, 15) is 0 Å². The third-order valence-corrected chi connectivity index (χ3v) is 5.33. The number of anilines is 1. The number of thiophene rings is 1. The van der Waals surface area contributed by atoms with Crippen LogP contribution >= 0.6 is 34.3 Å². The molecule has 1 aromatic carbocycles. The number of nitrogens with zero attached hydrogens (tertiary/aromatic N) is 1. The molecule has 0 aliphatic rings. The Kier molecular flexibility index (Phi) is 3.96. The number of aromatic nitrogens is 1. The van der Waals surface area contributed by atoms with E-state index in [-0.39, 0.29) is 6.04 Å². The molecule has 20 heavy (non-hydrogen) atoms. The summed E-state index contributed by atoms with van der Waals surface area (Å²) in [6.07, 6.45) is 0. The maximum atomic E-state index is 6.38. The van der Waals surface area contributed by atoms with Gasteiger partial charge in [-0.05, 0) is 29.5 Å². The van der Waals surface area contributed by atoms with Gasteiger partial charge in [-0.1, -0.05) is 31.5 Å². The molecule has 0 amide bonds. The number of fused-ring (bicyclic) bond motifs is 1. The van der Waals surface area contributed by atoms with Crippen molar-refractivity contribution >= 4 is 50.2 Å². The Bertz CT molecular complexity index is 704. The summed E-state index contributed by atoms with van der Waals surface area (Å²) in [4.78, 5) is 5.77. The zero-order chi connectivity index (χ0) is 14.1. The molecular formula is C15H15ClN2S2. The first kappa shape index (κ1) is 13.9. The Morgan fingerprint density at radius 2 is 2.05 bits per heavy atom. The van der Waals surface area contributed by atoms with Crippen LogP contribution in [0.15, 0.2) is 35.2 Å². The lowest BCUT2D eigenvalue weighted by Crippen LogP contribution is -2.16. The van der Waals surface area contributed by atoms with Gasteiger partial charge in [0.25, 0.3) is 0 Å². The minimum Gasteiger partial charge on any atom is -0.374 e. The van der Waals surface area contributed by atoms with Crippen molar-refractivity contribution < 1.29 is 0 Å². The van der Waals surface area contributed by atoms with E-state index in [4.69, 9.17) is 11.6 Å². The molecule has 1 atom stereocenters. The highest BCUT2D eigenvalue weighted by atomic mass is 35.5. The van der Waals surface area contributed by atoms with E-state index < -0.39 is 0 Å². The van der Waals surface area contributed by atoms with Crippen LogP contribution in [-0.4, -0.2) is 4.98 Å². The monoisotopic (exact) mass is 322 g/mol. The van der Waals surface area contributed by atoms with Crippen molar-refractivity contribution in [2.24, 2.45) is 5.92 Å². The average molecular weight is 323 g/mol.